The van der Waals surface area contributed by atoms with Gasteiger partial charge in [0.15, 0.2) is 5.96 Å². The van der Waals surface area contributed by atoms with Crippen molar-refractivity contribution in [3.8, 4) is 0 Å². The van der Waals surface area contributed by atoms with Crippen LogP contribution in [0.5, 0.6) is 0 Å². The van der Waals surface area contributed by atoms with Crippen LogP contribution in [0.2, 0.25) is 0 Å². The molecule has 0 spiro atoms. The maximum Gasteiger partial charge on any atom is 0.191 e. The molecule has 1 fully saturated rings. The molecular weight excluding hydrogens is 279 g/mol. The Morgan fingerprint density at radius 1 is 1.50 bits per heavy atom. The van der Waals surface area contributed by atoms with Gasteiger partial charge in [0.25, 0.3) is 0 Å². The van der Waals surface area contributed by atoms with E-state index in [4.69, 9.17) is 5.73 Å². The highest BCUT2D eigenvalue weighted by Crippen LogP contribution is 2.20. The molecule has 2 N–H and O–H groups in total. The number of guanidine groups is 1. The zero-order chi connectivity index (χ0) is 16.1. The number of hydrogen-bond acceptors (Lipinski definition) is 2. The smallest absolute Gasteiger partial charge is 0.191 e. The van der Waals surface area contributed by atoms with E-state index in [2.05, 4.69) is 16.8 Å². The maximum absolute atomic E-state index is 13.4. The summed E-state index contributed by atoms with van der Waals surface area (Å²) in [6.45, 7) is 4.73. The fraction of sp³-hybridized carbons (Fsp3) is 0.588. The third-order valence-electron chi connectivity index (χ3n) is 4.26. The molecule has 1 aromatic carbocycles. The quantitative estimate of drug-likeness (QED) is 0.686. The van der Waals surface area contributed by atoms with Crippen LogP contribution >= 0.6 is 0 Å². The van der Waals surface area contributed by atoms with Crippen LogP contribution in [0, 0.1) is 11.7 Å². The Hall–Kier alpha value is -1.62. The van der Waals surface area contributed by atoms with Crippen LogP contribution in [0.4, 0.5) is 4.39 Å². The lowest BCUT2D eigenvalue weighted by Crippen LogP contribution is -2.43. The summed E-state index contributed by atoms with van der Waals surface area (Å²) in [5.74, 6) is 1.05. The van der Waals surface area contributed by atoms with Crippen molar-refractivity contribution in [1.82, 2.24) is 9.80 Å². The number of halogens is 1. The van der Waals surface area contributed by atoms with Gasteiger partial charge in [0, 0.05) is 13.1 Å². The second-order valence-electron chi connectivity index (χ2n) is 6.43. The second-order valence-corrected chi connectivity index (χ2v) is 6.43. The Morgan fingerprint density at radius 2 is 2.27 bits per heavy atom. The number of nitrogens with zero attached hydrogens (tertiary/aromatic N) is 3. The Kier molecular flexibility index (Phi) is 5.77. The molecule has 2 atom stereocenters. The number of likely N-dealkylation sites (N-methyl/N-ethyl adjacent to an activating group) is 1. The van der Waals surface area contributed by atoms with Crippen LogP contribution in [0.25, 0.3) is 0 Å². The van der Waals surface area contributed by atoms with Crippen molar-refractivity contribution in [3.05, 3.63) is 35.6 Å². The summed E-state index contributed by atoms with van der Waals surface area (Å²) in [4.78, 5) is 8.77. The fourth-order valence-electron chi connectivity index (χ4n) is 2.96. The molecule has 2 rings (SSSR count). The lowest BCUT2D eigenvalue weighted by Gasteiger charge is -2.32. The molecule has 0 aliphatic carbocycles. The number of piperidine rings is 1. The third-order valence-corrected chi connectivity index (χ3v) is 4.26. The van der Waals surface area contributed by atoms with Crippen molar-refractivity contribution in [1.29, 1.82) is 0 Å². The van der Waals surface area contributed by atoms with E-state index < -0.39 is 0 Å². The number of hydrogen-bond donors (Lipinski definition) is 1. The summed E-state index contributed by atoms with van der Waals surface area (Å²) in [7, 11) is 3.95. The highest BCUT2D eigenvalue weighted by molar-refractivity contribution is 5.78. The van der Waals surface area contributed by atoms with Gasteiger partial charge in [0.05, 0.1) is 12.6 Å². The van der Waals surface area contributed by atoms with Gasteiger partial charge in [-0.1, -0.05) is 19.1 Å². The summed E-state index contributed by atoms with van der Waals surface area (Å²) < 4.78 is 13.4. The predicted molar refractivity (Wildman–Crippen MR) is 89.3 cm³/mol. The SMILES string of the molecule is CC1CCCN(C(N)=NCC(c2cccc(F)c2)N(C)C)C1. The average Bonchev–Trinajstić information content (AvgIpc) is 2.47. The highest BCUT2D eigenvalue weighted by Gasteiger charge is 2.19. The molecule has 0 saturated carbocycles. The molecule has 4 nitrogen and oxygen atoms in total. The van der Waals surface area contributed by atoms with Crippen LogP contribution in [-0.4, -0.2) is 49.5 Å². The second kappa shape index (κ2) is 7.58. The number of nitrogens with two attached hydrogens (primary N) is 1. The fourth-order valence-corrected chi connectivity index (χ4v) is 2.96. The van der Waals surface area contributed by atoms with Crippen LogP contribution in [-0.2, 0) is 0 Å². The summed E-state index contributed by atoms with van der Waals surface area (Å²) in [6, 6.07) is 6.72. The Labute approximate surface area is 132 Å². The molecule has 0 aromatic heterocycles. The average molecular weight is 306 g/mol. The van der Waals surface area contributed by atoms with Crippen LogP contribution in [0.15, 0.2) is 29.3 Å². The van der Waals surface area contributed by atoms with Gasteiger partial charge in [-0.25, -0.2) is 4.39 Å². The number of aliphatic imine (C=N–C) groups is 1. The first kappa shape index (κ1) is 16.7. The minimum Gasteiger partial charge on any atom is -0.370 e. The molecule has 1 aromatic rings. The zero-order valence-corrected chi connectivity index (χ0v) is 13.8. The van der Waals surface area contributed by atoms with Crippen molar-refractivity contribution in [2.75, 3.05) is 33.7 Å². The number of benzene rings is 1. The Balaban J connectivity index is 2.06. The monoisotopic (exact) mass is 306 g/mol. The van der Waals surface area contributed by atoms with Gasteiger partial charge in [0.2, 0.25) is 0 Å². The molecule has 22 heavy (non-hydrogen) atoms. The van der Waals surface area contributed by atoms with E-state index in [0.29, 0.717) is 18.4 Å². The minimum atomic E-state index is -0.217. The molecule has 1 aliphatic heterocycles. The molecule has 1 aliphatic rings. The molecule has 122 valence electrons. The topological polar surface area (TPSA) is 44.9 Å². The predicted octanol–water partition coefficient (Wildman–Crippen LogP) is 2.48. The summed E-state index contributed by atoms with van der Waals surface area (Å²) in [5, 5.41) is 0. The van der Waals surface area contributed by atoms with E-state index in [9.17, 15) is 4.39 Å². The van der Waals surface area contributed by atoms with E-state index in [1.54, 1.807) is 12.1 Å². The molecule has 1 heterocycles. The van der Waals surface area contributed by atoms with Crippen molar-refractivity contribution in [3.63, 3.8) is 0 Å². The zero-order valence-electron chi connectivity index (χ0n) is 13.8. The first-order chi connectivity index (χ1) is 10.5. The van der Waals surface area contributed by atoms with Crippen molar-refractivity contribution in [2.24, 2.45) is 16.6 Å². The lowest BCUT2D eigenvalue weighted by molar-refractivity contribution is 0.267. The van der Waals surface area contributed by atoms with E-state index in [0.717, 1.165) is 18.7 Å². The van der Waals surface area contributed by atoms with Gasteiger partial charge in [-0.2, -0.15) is 0 Å². The molecular formula is C17H27FN4. The Morgan fingerprint density at radius 3 is 2.91 bits per heavy atom. The van der Waals surface area contributed by atoms with Crippen molar-refractivity contribution >= 4 is 5.96 Å². The standard InChI is InChI=1S/C17H27FN4/c1-13-6-5-9-22(12-13)17(19)20-11-16(21(2)3)14-7-4-8-15(18)10-14/h4,7-8,10,13,16H,5-6,9,11-12H2,1-3H3,(H2,19,20). The van der Waals surface area contributed by atoms with Crippen molar-refractivity contribution < 1.29 is 4.39 Å². The van der Waals surface area contributed by atoms with E-state index >= 15 is 0 Å². The van der Waals surface area contributed by atoms with E-state index in [1.165, 1.54) is 18.9 Å². The van der Waals surface area contributed by atoms with Crippen LogP contribution < -0.4 is 5.73 Å². The molecule has 2 unspecified atom stereocenters. The van der Waals surface area contributed by atoms with E-state index in [1.807, 2.05) is 25.1 Å². The molecule has 1 saturated heterocycles. The molecule has 0 radical (unpaired) electrons. The first-order valence-corrected chi connectivity index (χ1v) is 7.94. The van der Waals surface area contributed by atoms with Crippen molar-refractivity contribution in [2.45, 2.75) is 25.8 Å². The normalized spacial score (nSPS) is 21.2. The van der Waals surface area contributed by atoms with Crippen LogP contribution in [0.1, 0.15) is 31.4 Å². The summed E-state index contributed by atoms with van der Waals surface area (Å²) in [6.07, 6.45) is 2.42. The molecule has 0 amide bonds. The first-order valence-electron chi connectivity index (χ1n) is 7.94. The van der Waals surface area contributed by atoms with Gasteiger partial charge in [-0.3, -0.25) is 4.99 Å². The van der Waals surface area contributed by atoms with Gasteiger partial charge in [-0.15, -0.1) is 0 Å². The van der Waals surface area contributed by atoms with Crippen LogP contribution in [0.3, 0.4) is 0 Å². The highest BCUT2D eigenvalue weighted by atomic mass is 19.1. The number of rotatable bonds is 4. The maximum atomic E-state index is 13.4. The van der Waals surface area contributed by atoms with Gasteiger partial charge in [0.1, 0.15) is 5.82 Å². The third kappa shape index (κ3) is 4.44. The largest absolute Gasteiger partial charge is 0.370 e. The summed E-state index contributed by atoms with van der Waals surface area (Å²) in [5.41, 5.74) is 7.07. The number of likely N-dealkylation sites (tertiary alicyclic amines) is 1. The van der Waals surface area contributed by atoms with Gasteiger partial charge < -0.3 is 15.5 Å². The Bertz CT molecular complexity index is 515. The molecule has 0 bridgehead atoms. The van der Waals surface area contributed by atoms with E-state index in [-0.39, 0.29) is 11.9 Å². The van der Waals surface area contributed by atoms with Gasteiger partial charge >= 0.3 is 0 Å². The minimum absolute atomic E-state index is 0.0245. The lowest BCUT2D eigenvalue weighted by atomic mass is 10.0. The van der Waals surface area contributed by atoms with Gasteiger partial charge in [-0.05, 0) is 50.6 Å². The summed E-state index contributed by atoms with van der Waals surface area (Å²) >= 11 is 0. The molecule has 5 heteroatoms.